The van der Waals surface area contributed by atoms with Crippen LogP contribution in [0.15, 0.2) is 12.5 Å². The van der Waals surface area contributed by atoms with Crippen molar-refractivity contribution in [1.82, 2.24) is 14.9 Å². The number of nitrogens with zero attached hydrogens (tertiary/aromatic N) is 3. The van der Waals surface area contributed by atoms with E-state index in [0.29, 0.717) is 18.7 Å². The summed E-state index contributed by atoms with van der Waals surface area (Å²) < 4.78 is 0. The van der Waals surface area contributed by atoms with Crippen molar-refractivity contribution in [2.45, 2.75) is 38.3 Å². The second-order valence-electron chi connectivity index (χ2n) is 5.31. The van der Waals surface area contributed by atoms with Gasteiger partial charge < -0.3 is 10.2 Å². The van der Waals surface area contributed by atoms with Crippen molar-refractivity contribution in [1.29, 1.82) is 0 Å². The van der Waals surface area contributed by atoms with Gasteiger partial charge in [0.1, 0.15) is 11.9 Å². The van der Waals surface area contributed by atoms with Crippen LogP contribution in [0.5, 0.6) is 0 Å². The number of carboxylic acids is 1. The van der Waals surface area contributed by atoms with E-state index in [9.17, 15) is 9.90 Å². The Hall–Kier alpha value is -1.53. The Bertz CT molecular complexity index is 462. The molecular weight excluding hydrogens is 246 g/mol. The molecule has 1 aliphatic heterocycles. The van der Waals surface area contributed by atoms with E-state index in [1.807, 2.05) is 6.92 Å². The predicted molar refractivity (Wildman–Crippen MR) is 68.7 cm³/mol. The Balaban J connectivity index is 2.07. The minimum atomic E-state index is -1.00. The molecule has 1 aromatic heterocycles. The molecule has 2 heterocycles. The number of aromatic nitrogens is 2. The summed E-state index contributed by atoms with van der Waals surface area (Å²) in [6.07, 6.45) is 5.08. The first kappa shape index (κ1) is 13.9. The van der Waals surface area contributed by atoms with E-state index in [-0.39, 0.29) is 5.56 Å². The molecule has 2 N–H and O–H groups in total. The summed E-state index contributed by atoms with van der Waals surface area (Å²) in [6.45, 7) is 3.93. The van der Waals surface area contributed by atoms with Gasteiger partial charge in [-0.25, -0.2) is 14.8 Å². The molecule has 6 heteroatoms. The van der Waals surface area contributed by atoms with E-state index < -0.39 is 11.6 Å². The second-order valence-corrected chi connectivity index (χ2v) is 5.31. The quantitative estimate of drug-likeness (QED) is 0.845. The third kappa shape index (κ3) is 3.71. The average Bonchev–Trinajstić information content (AvgIpc) is 2.51. The zero-order chi connectivity index (χ0) is 13.9. The van der Waals surface area contributed by atoms with Crippen LogP contribution >= 0.6 is 0 Å². The molecule has 2 rings (SSSR count). The van der Waals surface area contributed by atoms with Gasteiger partial charge >= 0.3 is 5.97 Å². The molecule has 1 fully saturated rings. The maximum absolute atomic E-state index is 11.1. The van der Waals surface area contributed by atoms with Gasteiger partial charge in [-0.15, -0.1) is 0 Å². The number of aromatic carboxylic acids is 1. The molecule has 0 spiro atoms. The van der Waals surface area contributed by atoms with E-state index in [0.717, 1.165) is 25.9 Å². The lowest BCUT2D eigenvalue weighted by Crippen LogP contribution is -2.29. The molecule has 0 aliphatic carbocycles. The zero-order valence-electron chi connectivity index (χ0n) is 11.0. The van der Waals surface area contributed by atoms with Crippen LogP contribution in [-0.2, 0) is 6.54 Å². The lowest BCUT2D eigenvalue weighted by atomic mass is 9.98. The van der Waals surface area contributed by atoms with E-state index in [1.54, 1.807) is 0 Å². The van der Waals surface area contributed by atoms with Gasteiger partial charge in [-0.05, 0) is 32.7 Å². The molecule has 6 nitrogen and oxygen atoms in total. The molecule has 0 bridgehead atoms. The van der Waals surface area contributed by atoms with Crippen LogP contribution in [0.25, 0.3) is 0 Å². The number of likely N-dealkylation sites (tertiary alicyclic amines) is 1. The summed E-state index contributed by atoms with van der Waals surface area (Å²) in [6, 6.07) is 0. The number of hydrogen-bond donors (Lipinski definition) is 2. The second kappa shape index (κ2) is 5.63. The molecule has 1 saturated heterocycles. The van der Waals surface area contributed by atoms with Crippen LogP contribution in [0.1, 0.15) is 42.2 Å². The van der Waals surface area contributed by atoms with Crippen LogP contribution in [0.3, 0.4) is 0 Å². The fraction of sp³-hybridized carbons (Fsp3) is 0.615. The van der Waals surface area contributed by atoms with Crippen molar-refractivity contribution in [2.75, 3.05) is 13.1 Å². The monoisotopic (exact) mass is 265 g/mol. The summed E-state index contributed by atoms with van der Waals surface area (Å²) in [5, 5.41) is 19.1. The fourth-order valence-electron chi connectivity index (χ4n) is 2.35. The highest BCUT2D eigenvalue weighted by Gasteiger charge is 2.25. The highest BCUT2D eigenvalue weighted by atomic mass is 16.4. The van der Waals surface area contributed by atoms with Gasteiger partial charge in [-0.2, -0.15) is 0 Å². The lowest BCUT2D eigenvalue weighted by molar-refractivity contribution is 0.0442. The maximum atomic E-state index is 11.1. The summed E-state index contributed by atoms with van der Waals surface area (Å²) in [4.78, 5) is 21.0. The van der Waals surface area contributed by atoms with Gasteiger partial charge in [0.15, 0.2) is 0 Å². The third-order valence-corrected chi connectivity index (χ3v) is 3.55. The van der Waals surface area contributed by atoms with Gasteiger partial charge in [-0.1, -0.05) is 0 Å². The number of carboxylic acid groups (broad SMARTS) is 1. The first-order chi connectivity index (χ1) is 8.98. The molecular formula is C13H19N3O3. The van der Waals surface area contributed by atoms with Crippen molar-refractivity contribution in [3.8, 4) is 0 Å². The molecule has 1 aromatic rings. The van der Waals surface area contributed by atoms with Crippen molar-refractivity contribution >= 4 is 5.97 Å². The minimum Gasteiger partial charge on any atom is -0.478 e. The van der Waals surface area contributed by atoms with Crippen molar-refractivity contribution < 1.29 is 15.0 Å². The van der Waals surface area contributed by atoms with Crippen LogP contribution in [0, 0.1) is 0 Å². The van der Waals surface area contributed by atoms with E-state index in [1.165, 1.54) is 12.5 Å². The van der Waals surface area contributed by atoms with Gasteiger partial charge in [0.25, 0.3) is 0 Å². The molecule has 0 aromatic carbocycles. The van der Waals surface area contributed by atoms with Crippen molar-refractivity contribution in [3.63, 3.8) is 0 Å². The molecule has 19 heavy (non-hydrogen) atoms. The molecule has 0 amide bonds. The van der Waals surface area contributed by atoms with Crippen LogP contribution in [0.2, 0.25) is 0 Å². The average molecular weight is 265 g/mol. The number of aliphatic hydroxyl groups is 1. The molecule has 1 aliphatic rings. The van der Waals surface area contributed by atoms with E-state index in [2.05, 4.69) is 14.9 Å². The number of carbonyl (C=O) groups is 1. The summed E-state index contributed by atoms with van der Waals surface area (Å²) in [7, 11) is 0. The van der Waals surface area contributed by atoms with Gasteiger partial charge in [0.05, 0.1) is 11.3 Å². The molecule has 1 atom stereocenters. The normalized spacial score (nSPS) is 24.9. The molecule has 104 valence electrons. The van der Waals surface area contributed by atoms with Crippen LogP contribution in [-0.4, -0.2) is 49.7 Å². The Morgan fingerprint density at radius 3 is 3.00 bits per heavy atom. The number of hydrogen-bond acceptors (Lipinski definition) is 5. The summed E-state index contributed by atoms with van der Waals surface area (Å²) >= 11 is 0. The summed E-state index contributed by atoms with van der Waals surface area (Å²) in [5.74, 6) is -1.00. The lowest BCUT2D eigenvalue weighted by Gasteiger charge is -2.22. The van der Waals surface area contributed by atoms with Gasteiger partial charge in [0.2, 0.25) is 0 Å². The Kier molecular flexibility index (Phi) is 4.11. The zero-order valence-corrected chi connectivity index (χ0v) is 11.0. The number of rotatable bonds is 3. The third-order valence-electron chi connectivity index (χ3n) is 3.55. The van der Waals surface area contributed by atoms with Crippen molar-refractivity contribution in [2.24, 2.45) is 0 Å². The van der Waals surface area contributed by atoms with Crippen LogP contribution in [0.4, 0.5) is 0 Å². The molecule has 0 saturated carbocycles. The smallest absolute Gasteiger partial charge is 0.339 e. The predicted octanol–water partition coefficient (Wildman–Crippen LogP) is 0.912. The molecule has 1 unspecified atom stereocenters. The first-order valence-electron chi connectivity index (χ1n) is 6.45. The largest absolute Gasteiger partial charge is 0.478 e. The summed E-state index contributed by atoms with van der Waals surface area (Å²) in [5.41, 5.74) is 0.0679. The Labute approximate surface area is 112 Å². The van der Waals surface area contributed by atoms with Crippen molar-refractivity contribution in [3.05, 3.63) is 23.8 Å². The SMILES string of the molecule is CC1(O)CCCN(Cc2ncncc2C(=O)O)CC1. The van der Waals surface area contributed by atoms with Gasteiger partial charge in [-0.3, -0.25) is 4.90 Å². The van der Waals surface area contributed by atoms with Crippen LogP contribution < -0.4 is 0 Å². The minimum absolute atomic E-state index is 0.151. The van der Waals surface area contributed by atoms with E-state index in [4.69, 9.17) is 5.11 Å². The van der Waals surface area contributed by atoms with E-state index >= 15 is 0 Å². The fourth-order valence-corrected chi connectivity index (χ4v) is 2.35. The highest BCUT2D eigenvalue weighted by Crippen LogP contribution is 2.22. The van der Waals surface area contributed by atoms with Gasteiger partial charge in [0, 0.05) is 19.3 Å². The highest BCUT2D eigenvalue weighted by molar-refractivity contribution is 5.88. The molecule has 0 radical (unpaired) electrons. The standard InChI is InChI=1S/C13H19N3O3/c1-13(19)3-2-5-16(6-4-13)8-11-10(12(17)18)7-14-9-15-11/h7,9,19H,2-6,8H2,1H3,(H,17,18). The first-order valence-corrected chi connectivity index (χ1v) is 6.45. The Morgan fingerprint density at radius 2 is 2.26 bits per heavy atom. The topological polar surface area (TPSA) is 86.5 Å². The Morgan fingerprint density at radius 1 is 1.47 bits per heavy atom. The maximum Gasteiger partial charge on any atom is 0.339 e.